The van der Waals surface area contributed by atoms with E-state index in [1.54, 1.807) is 41.3 Å². The number of carbonyl (C=O) groups excluding carboxylic acids is 3. The largest absolute Gasteiger partial charge is 0.488 e. The van der Waals surface area contributed by atoms with Crippen LogP contribution in [0, 0.1) is 5.92 Å². The van der Waals surface area contributed by atoms with E-state index in [0.29, 0.717) is 53.6 Å². The molecule has 5 N–H and O–H groups in total. The molecule has 10 nitrogen and oxygen atoms in total. The smallest absolute Gasteiger partial charge is 0.255 e. The van der Waals surface area contributed by atoms with Gasteiger partial charge < -0.3 is 31.1 Å². The number of ether oxygens (including phenoxy) is 1. The lowest BCUT2D eigenvalue weighted by Crippen LogP contribution is -2.47. The summed E-state index contributed by atoms with van der Waals surface area (Å²) in [6, 6.07) is 29.2. The van der Waals surface area contributed by atoms with E-state index in [1.165, 1.54) is 0 Å². The first-order valence-electron chi connectivity index (χ1n) is 16.6. The van der Waals surface area contributed by atoms with Crippen LogP contribution < -0.4 is 21.1 Å². The second kappa shape index (κ2) is 16.3. The predicted molar refractivity (Wildman–Crippen MR) is 192 cm³/mol. The number of rotatable bonds is 11. The Balaban J connectivity index is 1.29. The lowest BCUT2D eigenvalue weighted by atomic mass is 10.0. The number of fused-ring (bicyclic) bond motifs is 1. The number of nitrogens with zero attached hydrogens (tertiary/aromatic N) is 2. The molecule has 4 aromatic carbocycles. The Hall–Kier alpha value is -5.19. The van der Waals surface area contributed by atoms with Gasteiger partial charge in [0.15, 0.2) is 0 Å². The molecule has 3 atom stereocenters. The van der Waals surface area contributed by atoms with E-state index in [-0.39, 0.29) is 55.2 Å². The average molecular weight is 664 g/mol. The Morgan fingerprint density at radius 1 is 0.980 bits per heavy atom. The first kappa shape index (κ1) is 35.1. The summed E-state index contributed by atoms with van der Waals surface area (Å²) in [6.07, 6.45) is 0.0245. The van der Waals surface area contributed by atoms with Crippen LogP contribution in [-0.4, -0.2) is 71.5 Å². The summed E-state index contributed by atoms with van der Waals surface area (Å²) in [5, 5.41) is 15.8. The van der Waals surface area contributed by atoms with Gasteiger partial charge in [-0.3, -0.25) is 19.3 Å². The third-order valence-corrected chi connectivity index (χ3v) is 8.78. The molecule has 256 valence electrons. The fraction of sp³-hybridized carbons (Fsp3) is 0.308. The van der Waals surface area contributed by atoms with Crippen LogP contribution >= 0.6 is 0 Å². The predicted octanol–water partition coefficient (Wildman–Crippen LogP) is 4.98. The Bertz CT molecular complexity index is 1750. The number of hydrogen-bond donors (Lipinski definition) is 4. The number of aliphatic hydroxyl groups is 1. The lowest BCUT2D eigenvalue weighted by molar-refractivity contribution is -0.134. The summed E-state index contributed by atoms with van der Waals surface area (Å²) in [7, 11) is 2.01. The first-order valence-corrected chi connectivity index (χ1v) is 16.6. The van der Waals surface area contributed by atoms with E-state index < -0.39 is 0 Å². The molecule has 1 heterocycles. The molecule has 0 unspecified atom stereocenters. The van der Waals surface area contributed by atoms with Crippen LogP contribution in [0.2, 0.25) is 0 Å². The van der Waals surface area contributed by atoms with Crippen LogP contribution in [0.3, 0.4) is 0 Å². The van der Waals surface area contributed by atoms with Crippen LogP contribution in [0.4, 0.5) is 17.1 Å². The second-order valence-corrected chi connectivity index (χ2v) is 12.9. The van der Waals surface area contributed by atoms with Crippen molar-refractivity contribution >= 4 is 34.8 Å². The number of hydrogen-bond acceptors (Lipinski definition) is 7. The molecule has 0 fully saturated rings. The third-order valence-electron chi connectivity index (χ3n) is 8.78. The number of amides is 3. The summed E-state index contributed by atoms with van der Waals surface area (Å²) in [6.45, 7) is 5.32. The number of nitrogens with one attached hydrogen (secondary N) is 2. The molecule has 3 amide bonds. The standard InChI is InChI=1S/C39H45N5O5/c1-26-22-44(27(2)25-45)38(47)21-31-20-32(41-37(46)19-28-9-5-4-6-10-28)17-18-35(31)49-36(26)24-43(3)23-29-13-15-30(16-14-29)39(48)42-34-12-8-7-11-33(34)40/h4-18,20,26-27,36,45H,19,21-25,40H2,1-3H3,(H,41,46)(H,42,48)/t26-,27+,36-/m0/s1. The molecule has 0 saturated carbocycles. The molecule has 0 radical (unpaired) electrons. The summed E-state index contributed by atoms with van der Waals surface area (Å²) in [4.78, 5) is 43.1. The monoisotopic (exact) mass is 663 g/mol. The third kappa shape index (κ3) is 9.46. The molecule has 5 rings (SSSR count). The number of aliphatic hydroxyl groups excluding tert-OH is 1. The van der Waals surface area contributed by atoms with E-state index in [4.69, 9.17) is 10.5 Å². The van der Waals surface area contributed by atoms with Gasteiger partial charge in [0.05, 0.1) is 36.9 Å². The van der Waals surface area contributed by atoms with Crippen LogP contribution in [0.5, 0.6) is 5.75 Å². The lowest BCUT2D eigenvalue weighted by Gasteiger charge is -2.34. The Kier molecular flexibility index (Phi) is 11.7. The van der Waals surface area contributed by atoms with Crippen molar-refractivity contribution in [1.82, 2.24) is 9.80 Å². The van der Waals surface area contributed by atoms with Gasteiger partial charge in [-0.05, 0) is 67.6 Å². The molecule has 1 aliphatic heterocycles. The Morgan fingerprint density at radius 3 is 2.41 bits per heavy atom. The normalized spacial score (nSPS) is 16.8. The summed E-state index contributed by atoms with van der Waals surface area (Å²) in [5.41, 5.74) is 10.8. The number of likely N-dealkylation sites (N-methyl/N-ethyl adjacent to an activating group) is 1. The van der Waals surface area contributed by atoms with E-state index in [0.717, 1.165) is 11.1 Å². The molecule has 0 bridgehead atoms. The van der Waals surface area contributed by atoms with Crippen LogP contribution in [0.15, 0.2) is 97.1 Å². The van der Waals surface area contributed by atoms with Crippen molar-refractivity contribution < 1.29 is 24.2 Å². The van der Waals surface area contributed by atoms with E-state index in [1.807, 2.05) is 74.6 Å². The number of anilines is 3. The molecule has 0 spiro atoms. The minimum Gasteiger partial charge on any atom is -0.488 e. The van der Waals surface area contributed by atoms with Gasteiger partial charge in [-0.1, -0.05) is 61.5 Å². The zero-order valence-electron chi connectivity index (χ0n) is 28.3. The van der Waals surface area contributed by atoms with Crippen molar-refractivity contribution in [2.75, 3.05) is 43.1 Å². The first-order chi connectivity index (χ1) is 23.6. The number of nitrogens with two attached hydrogens (primary N) is 1. The number of benzene rings is 4. The Labute approximate surface area is 287 Å². The van der Waals surface area contributed by atoms with Crippen molar-refractivity contribution in [3.8, 4) is 5.75 Å². The van der Waals surface area contributed by atoms with E-state index in [9.17, 15) is 19.5 Å². The maximum atomic E-state index is 13.6. The quantitative estimate of drug-likeness (QED) is 0.166. The van der Waals surface area contributed by atoms with Crippen molar-refractivity contribution in [3.63, 3.8) is 0 Å². The summed E-state index contributed by atoms with van der Waals surface area (Å²) in [5.74, 6) is 0.0267. The maximum absolute atomic E-state index is 13.6. The molecular formula is C39H45N5O5. The molecule has 0 aliphatic carbocycles. The highest BCUT2D eigenvalue weighted by Crippen LogP contribution is 2.29. The second-order valence-electron chi connectivity index (χ2n) is 12.9. The summed E-state index contributed by atoms with van der Waals surface area (Å²) < 4.78 is 6.66. The van der Waals surface area contributed by atoms with Gasteiger partial charge in [0, 0.05) is 42.4 Å². The minimum absolute atomic E-state index is 0.0619. The van der Waals surface area contributed by atoms with E-state index >= 15 is 0 Å². The molecular weight excluding hydrogens is 618 g/mol. The van der Waals surface area contributed by atoms with Gasteiger partial charge >= 0.3 is 0 Å². The van der Waals surface area contributed by atoms with Crippen LogP contribution in [-0.2, 0) is 29.0 Å². The number of carbonyl (C=O) groups is 3. The maximum Gasteiger partial charge on any atom is 0.255 e. The van der Waals surface area contributed by atoms with Gasteiger partial charge in [0.1, 0.15) is 11.9 Å². The zero-order chi connectivity index (χ0) is 34.9. The van der Waals surface area contributed by atoms with Crippen molar-refractivity contribution in [2.45, 2.75) is 45.4 Å². The Morgan fingerprint density at radius 2 is 1.69 bits per heavy atom. The SMILES string of the molecule is C[C@H](CO)N1C[C@H](C)[C@H](CN(C)Cc2ccc(C(=O)Nc3ccccc3N)cc2)Oc2ccc(NC(=O)Cc3ccccc3)cc2CC1=O. The number of nitrogen functional groups attached to an aromatic ring is 1. The van der Waals surface area contributed by atoms with Crippen molar-refractivity contribution in [2.24, 2.45) is 5.92 Å². The number of para-hydroxylation sites is 2. The highest BCUT2D eigenvalue weighted by atomic mass is 16.5. The molecule has 10 heteroatoms. The fourth-order valence-corrected chi connectivity index (χ4v) is 5.96. The van der Waals surface area contributed by atoms with Gasteiger partial charge in [-0.15, -0.1) is 0 Å². The molecule has 4 aromatic rings. The van der Waals surface area contributed by atoms with E-state index in [2.05, 4.69) is 22.5 Å². The molecule has 49 heavy (non-hydrogen) atoms. The van der Waals surface area contributed by atoms with Gasteiger partial charge in [-0.2, -0.15) is 0 Å². The minimum atomic E-state index is -0.363. The zero-order valence-corrected chi connectivity index (χ0v) is 28.3. The molecule has 0 aromatic heterocycles. The van der Waals surface area contributed by atoms with Crippen LogP contribution in [0.25, 0.3) is 0 Å². The molecule has 1 aliphatic rings. The summed E-state index contributed by atoms with van der Waals surface area (Å²) >= 11 is 0. The topological polar surface area (TPSA) is 137 Å². The van der Waals surface area contributed by atoms with Crippen LogP contribution in [0.1, 0.15) is 40.9 Å². The molecule has 0 saturated heterocycles. The van der Waals surface area contributed by atoms with Gasteiger partial charge in [0.2, 0.25) is 11.8 Å². The highest BCUT2D eigenvalue weighted by Gasteiger charge is 2.31. The van der Waals surface area contributed by atoms with Gasteiger partial charge in [0.25, 0.3) is 5.91 Å². The average Bonchev–Trinajstić information content (AvgIpc) is 3.13. The highest BCUT2D eigenvalue weighted by molar-refractivity contribution is 6.05. The van der Waals surface area contributed by atoms with Gasteiger partial charge in [-0.25, -0.2) is 0 Å². The van der Waals surface area contributed by atoms with Crippen molar-refractivity contribution in [3.05, 3.63) is 119 Å². The fourth-order valence-electron chi connectivity index (χ4n) is 5.96. The van der Waals surface area contributed by atoms with Crippen molar-refractivity contribution in [1.29, 1.82) is 0 Å².